The van der Waals surface area contributed by atoms with Crippen molar-refractivity contribution in [2.75, 3.05) is 96.2 Å². The van der Waals surface area contributed by atoms with Crippen molar-refractivity contribution in [2.24, 2.45) is 10.8 Å². The Morgan fingerprint density at radius 1 is 0.811 bits per heavy atom. The molecule has 0 radical (unpaired) electrons. The zero-order chi connectivity index (χ0) is 25.7. The Labute approximate surface area is 221 Å². The molecule has 4 fully saturated rings. The highest BCUT2D eigenvalue weighted by atomic mass is 16.6. The third kappa shape index (κ3) is 5.00. The molecule has 2 spiro atoms. The van der Waals surface area contributed by atoms with Crippen LogP contribution in [0.5, 0.6) is 11.5 Å². The highest BCUT2D eigenvalue weighted by Crippen LogP contribution is 2.43. The number of benzene rings is 2. The van der Waals surface area contributed by atoms with Gasteiger partial charge >= 0.3 is 5.69 Å². The number of nitro benzene ring substituents is 1. The van der Waals surface area contributed by atoms with Gasteiger partial charge in [0.15, 0.2) is 5.75 Å². The molecule has 2 N–H and O–H groups in total. The Morgan fingerprint density at radius 2 is 1.24 bits per heavy atom. The van der Waals surface area contributed by atoms with E-state index in [2.05, 4.69) is 39.8 Å². The molecule has 0 atom stereocenters. The highest BCUT2D eigenvalue weighted by Gasteiger charge is 2.51. The zero-order valence-electron chi connectivity index (χ0n) is 21.6. The number of ether oxygens (including phenoxy) is 2. The number of likely N-dealkylation sites (tertiary alicyclic amines) is 2. The predicted molar refractivity (Wildman–Crippen MR) is 150 cm³/mol. The molecule has 0 aromatic heterocycles. The van der Waals surface area contributed by atoms with Crippen LogP contribution in [0.3, 0.4) is 0 Å². The summed E-state index contributed by atoms with van der Waals surface area (Å²) in [6, 6.07) is 11.1. The minimum absolute atomic E-state index is 0. The summed E-state index contributed by atoms with van der Waals surface area (Å²) in [7, 11) is 7.43. The van der Waals surface area contributed by atoms with E-state index in [0.29, 0.717) is 22.3 Å². The Kier molecular flexibility index (Phi) is 7.18. The summed E-state index contributed by atoms with van der Waals surface area (Å²) in [4.78, 5) is 19.8. The maximum Gasteiger partial charge on any atom is 0.311 e. The van der Waals surface area contributed by atoms with Crippen LogP contribution in [0, 0.1) is 20.9 Å². The van der Waals surface area contributed by atoms with E-state index in [0.717, 1.165) is 50.7 Å². The van der Waals surface area contributed by atoms with Gasteiger partial charge in [0.05, 0.1) is 24.8 Å². The Balaban J connectivity index is 0.000000201. The summed E-state index contributed by atoms with van der Waals surface area (Å²) < 4.78 is 10.4. The van der Waals surface area contributed by atoms with E-state index in [1.54, 1.807) is 19.2 Å². The standard InChI is InChI=1S/C13H17N3O3.C13H19N3O.CH4.H2/c1-14-6-13(7-14)8-15(9-13)10-3-4-11(16(17)18)12(5-10)19-2;1-15-6-13(7-15)8-16(9-13)10-3-4-11(14)12(5-10)17-2;;/h3-5H,6-9H2,1-2H3;3-5H,6-9,14H2,1-2H3;1H4;1H. The largest absolute Gasteiger partial charge is 0.495 e. The first kappa shape index (κ1) is 26.8. The molecule has 10 heteroatoms. The van der Waals surface area contributed by atoms with Crippen LogP contribution in [-0.4, -0.2) is 95.4 Å². The number of methoxy groups -OCH3 is 2. The number of anilines is 3. The first-order valence-electron chi connectivity index (χ1n) is 12.3. The van der Waals surface area contributed by atoms with E-state index in [9.17, 15) is 10.1 Å². The molecule has 10 nitrogen and oxygen atoms in total. The van der Waals surface area contributed by atoms with Gasteiger partial charge in [0, 0.05) is 94.2 Å². The van der Waals surface area contributed by atoms with E-state index in [1.165, 1.54) is 32.0 Å². The first-order valence-corrected chi connectivity index (χ1v) is 12.3. The Hall–Kier alpha value is -3.24. The number of nitro groups is 1. The van der Waals surface area contributed by atoms with Crippen molar-refractivity contribution in [1.82, 2.24) is 9.80 Å². The minimum atomic E-state index is -0.416. The maximum absolute atomic E-state index is 10.8. The fourth-order valence-electron chi connectivity index (χ4n) is 6.40. The fourth-order valence-corrected chi connectivity index (χ4v) is 6.40. The molecule has 0 saturated carbocycles. The van der Waals surface area contributed by atoms with Crippen molar-refractivity contribution in [2.45, 2.75) is 7.43 Å². The minimum Gasteiger partial charge on any atom is -0.495 e. The molecule has 0 bridgehead atoms. The lowest BCUT2D eigenvalue weighted by Gasteiger charge is -2.60. The van der Waals surface area contributed by atoms with E-state index >= 15 is 0 Å². The summed E-state index contributed by atoms with van der Waals surface area (Å²) in [5, 5.41) is 10.8. The van der Waals surface area contributed by atoms with Crippen molar-refractivity contribution in [3.63, 3.8) is 0 Å². The second kappa shape index (κ2) is 9.90. The van der Waals surface area contributed by atoms with Crippen LogP contribution in [0.4, 0.5) is 22.7 Å². The lowest BCUT2D eigenvalue weighted by atomic mass is 9.73. The Bertz CT molecular complexity index is 1140. The van der Waals surface area contributed by atoms with Crippen molar-refractivity contribution in [3.05, 3.63) is 46.5 Å². The average molecular weight is 515 g/mol. The third-order valence-corrected chi connectivity index (χ3v) is 7.83. The smallest absolute Gasteiger partial charge is 0.311 e. The molecule has 4 aliphatic heterocycles. The van der Waals surface area contributed by atoms with Gasteiger partial charge < -0.3 is 34.8 Å². The van der Waals surface area contributed by atoms with Crippen LogP contribution in [0.25, 0.3) is 0 Å². The van der Waals surface area contributed by atoms with Crippen LogP contribution < -0.4 is 25.0 Å². The van der Waals surface area contributed by atoms with Crippen LogP contribution >= 0.6 is 0 Å². The number of nitrogen functional groups attached to an aromatic ring is 1. The lowest BCUT2D eigenvalue weighted by molar-refractivity contribution is -0.385. The van der Waals surface area contributed by atoms with Crippen molar-refractivity contribution < 1.29 is 15.8 Å². The first-order chi connectivity index (χ1) is 17.1. The second-order valence-electron chi connectivity index (χ2n) is 11.1. The molecule has 2 aromatic rings. The molecular formula is C27H42N6O4. The summed E-state index contributed by atoms with van der Waals surface area (Å²) in [6.45, 7) is 9.12. The van der Waals surface area contributed by atoms with Gasteiger partial charge in [0.25, 0.3) is 0 Å². The molecule has 0 aliphatic carbocycles. The number of rotatable bonds is 5. The molecule has 6 rings (SSSR count). The molecular weight excluding hydrogens is 472 g/mol. The third-order valence-electron chi connectivity index (χ3n) is 7.83. The number of hydrogen-bond acceptors (Lipinski definition) is 9. The SMILES string of the molecule is C.COc1cc(N2CC3(CN(C)C3)C2)ccc1N.COc1cc(N2CC3(CN(C)C3)C2)ccc1[N+](=O)[O-].[HH]. The average Bonchev–Trinajstić information content (AvgIpc) is 2.77. The van der Waals surface area contributed by atoms with E-state index in [1.807, 2.05) is 12.1 Å². The van der Waals surface area contributed by atoms with Gasteiger partial charge in [-0.1, -0.05) is 7.43 Å². The summed E-state index contributed by atoms with van der Waals surface area (Å²) in [6.07, 6.45) is 0. The van der Waals surface area contributed by atoms with Gasteiger partial charge in [-0.3, -0.25) is 10.1 Å². The van der Waals surface area contributed by atoms with Crippen LogP contribution in [0.1, 0.15) is 8.85 Å². The molecule has 0 amide bonds. The van der Waals surface area contributed by atoms with Gasteiger partial charge in [-0.2, -0.15) is 0 Å². The highest BCUT2D eigenvalue weighted by molar-refractivity contribution is 5.64. The summed E-state index contributed by atoms with van der Waals surface area (Å²) in [5.74, 6) is 1.10. The van der Waals surface area contributed by atoms with Gasteiger partial charge in [-0.25, -0.2) is 0 Å². The topological polar surface area (TPSA) is 101 Å². The van der Waals surface area contributed by atoms with E-state index < -0.39 is 4.92 Å². The van der Waals surface area contributed by atoms with Crippen molar-refractivity contribution >= 4 is 22.7 Å². The summed E-state index contributed by atoms with van der Waals surface area (Å²) >= 11 is 0. The normalized spacial score (nSPS) is 20.9. The van der Waals surface area contributed by atoms with Crippen molar-refractivity contribution in [1.29, 1.82) is 0 Å². The molecule has 37 heavy (non-hydrogen) atoms. The van der Waals surface area contributed by atoms with Gasteiger partial charge in [-0.05, 0) is 32.3 Å². The predicted octanol–water partition coefficient (Wildman–Crippen LogP) is 3.27. The Morgan fingerprint density at radius 3 is 1.65 bits per heavy atom. The van der Waals surface area contributed by atoms with E-state index in [4.69, 9.17) is 15.2 Å². The van der Waals surface area contributed by atoms with Gasteiger partial charge in [0.2, 0.25) is 0 Å². The maximum atomic E-state index is 10.8. The van der Waals surface area contributed by atoms with Crippen LogP contribution in [-0.2, 0) is 0 Å². The zero-order valence-corrected chi connectivity index (χ0v) is 21.6. The molecule has 2 aromatic carbocycles. The van der Waals surface area contributed by atoms with Crippen LogP contribution in [0.2, 0.25) is 0 Å². The number of nitrogens with zero attached hydrogens (tertiary/aromatic N) is 5. The quantitative estimate of drug-likeness (QED) is 0.366. The number of hydrogen-bond donors (Lipinski definition) is 1. The monoisotopic (exact) mass is 514 g/mol. The van der Waals surface area contributed by atoms with Crippen molar-refractivity contribution in [3.8, 4) is 11.5 Å². The van der Waals surface area contributed by atoms with Gasteiger partial charge in [-0.15, -0.1) is 0 Å². The fraction of sp³-hybridized carbons (Fsp3) is 0.556. The van der Waals surface area contributed by atoms with E-state index in [-0.39, 0.29) is 14.5 Å². The van der Waals surface area contributed by atoms with Crippen LogP contribution in [0.15, 0.2) is 36.4 Å². The summed E-state index contributed by atoms with van der Waals surface area (Å²) in [5.41, 5.74) is 9.77. The molecule has 0 unspecified atom stereocenters. The lowest BCUT2D eigenvalue weighted by Crippen LogP contribution is -2.71. The molecule has 4 heterocycles. The molecule has 4 saturated heterocycles. The second-order valence-corrected chi connectivity index (χ2v) is 11.1. The molecule has 4 aliphatic rings. The number of nitrogens with two attached hydrogens (primary N) is 1. The van der Waals surface area contributed by atoms with Gasteiger partial charge in [0.1, 0.15) is 5.75 Å². The molecule has 204 valence electrons.